The van der Waals surface area contributed by atoms with E-state index in [9.17, 15) is 9.59 Å². The molecule has 26 heavy (non-hydrogen) atoms. The van der Waals surface area contributed by atoms with Crippen molar-refractivity contribution in [2.45, 2.75) is 10.2 Å². The number of amides is 2. The summed E-state index contributed by atoms with van der Waals surface area (Å²) < 4.78 is 2.78. The van der Waals surface area contributed by atoms with Crippen LogP contribution in [-0.2, 0) is 9.59 Å². The Morgan fingerprint density at radius 2 is 1.77 bits per heavy atom. The van der Waals surface area contributed by atoms with Crippen LogP contribution in [0.2, 0.25) is 0 Å². The first-order chi connectivity index (χ1) is 12.5. The number of nitrogens with zero attached hydrogens (tertiary/aromatic N) is 4. The predicted octanol–water partition coefficient (Wildman–Crippen LogP) is 1.65. The van der Waals surface area contributed by atoms with Crippen molar-refractivity contribution in [2.24, 2.45) is 11.5 Å². The molecule has 0 unspecified atom stereocenters. The van der Waals surface area contributed by atoms with Crippen molar-refractivity contribution in [2.75, 3.05) is 11.5 Å². The standard InChI is InChI=1S/C15H12N6O2S3/c16-9(22)5-24-13-11-12(19-14(20-13)25-6-10(17)23)21-8-4-2-1-3-7(8)18-15(21)26-11/h1-4H,5-6H2,(H2,16,22)(H2,17,23). The van der Waals surface area contributed by atoms with Gasteiger partial charge in [-0.05, 0) is 12.1 Å². The fraction of sp³-hybridized carbons (Fsp3) is 0.133. The largest absolute Gasteiger partial charge is 0.369 e. The van der Waals surface area contributed by atoms with Crippen molar-refractivity contribution in [1.29, 1.82) is 0 Å². The lowest BCUT2D eigenvalue weighted by atomic mass is 10.3. The second kappa shape index (κ2) is 6.74. The SMILES string of the molecule is NC(=O)CSc1nc(SCC(N)=O)c2sc3nc4ccccc4n3c2n1. The van der Waals surface area contributed by atoms with E-state index >= 15 is 0 Å². The van der Waals surface area contributed by atoms with Gasteiger partial charge in [-0.3, -0.25) is 14.0 Å². The fourth-order valence-electron chi connectivity index (χ4n) is 2.45. The first-order valence-electron chi connectivity index (χ1n) is 7.43. The highest BCUT2D eigenvalue weighted by molar-refractivity contribution is 8.00. The molecule has 0 fully saturated rings. The topological polar surface area (TPSA) is 129 Å². The Morgan fingerprint density at radius 3 is 2.54 bits per heavy atom. The number of nitrogens with two attached hydrogens (primary N) is 2. The molecule has 4 rings (SSSR count). The van der Waals surface area contributed by atoms with Crippen molar-refractivity contribution in [3.05, 3.63) is 24.3 Å². The second-order valence-corrected chi connectivity index (χ2v) is 8.18. The van der Waals surface area contributed by atoms with Gasteiger partial charge in [-0.25, -0.2) is 15.0 Å². The van der Waals surface area contributed by atoms with E-state index in [0.717, 1.165) is 32.5 Å². The zero-order valence-corrected chi connectivity index (χ0v) is 15.7. The molecule has 0 aliphatic heterocycles. The van der Waals surface area contributed by atoms with Crippen LogP contribution in [0.25, 0.3) is 26.3 Å². The molecule has 4 N–H and O–H groups in total. The van der Waals surface area contributed by atoms with Crippen molar-refractivity contribution in [1.82, 2.24) is 19.4 Å². The van der Waals surface area contributed by atoms with Crippen LogP contribution in [0.1, 0.15) is 0 Å². The van der Waals surface area contributed by atoms with Crippen molar-refractivity contribution in [3.63, 3.8) is 0 Å². The smallest absolute Gasteiger partial charge is 0.227 e. The van der Waals surface area contributed by atoms with Crippen LogP contribution in [-0.4, -0.2) is 42.7 Å². The number of primary amides is 2. The summed E-state index contributed by atoms with van der Waals surface area (Å²) in [4.78, 5) is 36.8. The van der Waals surface area contributed by atoms with Gasteiger partial charge >= 0.3 is 0 Å². The van der Waals surface area contributed by atoms with Gasteiger partial charge in [0.05, 0.1) is 22.5 Å². The first kappa shape index (κ1) is 17.1. The molecule has 2 amide bonds. The van der Waals surface area contributed by atoms with E-state index in [2.05, 4.69) is 15.0 Å². The van der Waals surface area contributed by atoms with E-state index in [0.29, 0.717) is 15.8 Å². The molecule has 4 aromatic rings. The minimum Gasteiger partial charge on any atom is -0.369 e. The van der Waals surface area contributed by atoms with Crippen molar-refractivity contribution >= 4 is 73.0 Å². The van der Waals surface area contributed by atoms with E-state index in [1.165, 1.54) is 23.1 Å². The van der Waals surface area contributed by atoms with Crippen LogP contribution in [0.5, 0.6) is 0 Å². The van der Waals surface area contributed by atoms with Gasteiger partial charge < -0.3 is 11.5 Å². The molecule has 0 spiro atoms. The number of benzene rings is 1. The Morgan fingerprint density at radius 1 is 1.04 bits per heavy atom. The molecule has 1 aromatic carbocycles. The second-order valence-electron chi connectivity index (χ2n) is 5.29. The summed E-state index contributed by atoms with van der Waals surface area (Å²) in [6, 6.07) is 7.77. The van der Waals surface area contributed by atoms with Crippen LogP contribution >= 0.6 is 34.9 Å². The summed E-state index contributed by atoms with van der Waals surface area (Å²) >= 11 is 3.85. The maximum Gasteiger partial charge on any atom is 0.227 e. The van der Waals surface area contributed by atoms with Gasteiger partial charge in [0.1, 0.15) is 9.73 Å². The molecule has 3 heterocycles. The summed E-state index contributed by atoms with van der Waals surface area (Å²) in [5.41, 5.74) is 13.0. The van der Waals surface area contributed by atoms with Gasteiger partial charge in [-0.15, -0.1) is 0 Å². The minimum atomic E-state index is -0.450. The number of thioether (sulfide) groups is 2. The van der Waals surface area contributed by atoms with Crippen LogP contribution in [0.15, 0.2) is 34.4 Å². The van der Waals surface area contributed by atoms with Crippen molar-refractivity contribution in [3.8, 4) is 0 Å². The highest BCUT2D eigenvalue weighted by Crippen LogP contribution is 2.36. The minimum absolute atomic E-state index is 0.0728. The van der Waals surface area contributed by atoms with Crippen molar-refractivity contribution < 1.29 is 9.59 Å². The molecule has 0 saturated carbocycles. The number of rotatable bonds is 6. The van der Waals surface area contributed by atoms with E-state index in [1.54, 1.807) is 0 Å². The molecule has 0 radical (unpaired) electrons. The molecule has 8 nitrogen and oxygen atoms in total. The van der Waals surface area contributed by atoms with Crippen LogP contribution < -0.4 is 11.5 Å². The highest BCUT2D eigenvalue weighted by atomic mass is 32.2. The highest BCUT2D eigenvalue weighted by Gasteiger charge is 2.18. The molecular weight excluding hydrogens is 392 g/mol. The average molecular weight is 405 g/mol. The van der Waals surface area contributed by atoms with Crippen LogP contribution in [0.3, 0.4) is 0 Å². The summed E-state index contributed by atoms with van der Waals surface area (Å²) in [5, 5.41) is 1.06. The molecule has 11 heteroatoms. The zero-order valence-electron chi connectivity index (χ0n) is 13.2. The summed E-state index contributed by atoms with van der Waals surface area (Å²) in [5.74, 6) is -0.704. The molecule has 0 atom stereocenters. The fourth-order valence-corrected chi connectivity index (χ4v) is 5.00. The summed E-state index contributed by atoms with van der Waals surface area (Å²) in [6.45, 7) is 0. The monoisotopic (exact) mass is 404 g/mol. The number of carbonyl (C=O) groups excluding carboxylic acids is 2. The lowest BCUT2D eigenvalue weighted by molar-refractivity contribution is -0.116. The maximum absolute atomic E-state index is 11.2. The lowest BCUT2D eigenvalue weighted by Crippen LogP contribution is -2.14. The maximum atomic E-state index is 11.2. The van der Waals surface area contributed by atoms with Gasteiger partial charge in [0.2, 0.25) is 11.8 Å². The predicted molar refractivity (Wildman–Crippen MR) is 104 cm³/mol. The van der Waals surface area contributed by atoms with Gasteiger partial charge in [-0.1, -0.05) is 47.0 Å². The van der Waals surface area contributed by atoms with E-state index in [4.69, 9.17) is 11.5 Å². The number of hydrogen-bond donors (Lipinski definition) is 2. The van der Waals surface area contributed by atoms with Gasteiger partial charge in [0.25, 0.3) is 0 Å². The third-order valence-corrected chi connectivity index (χ3v) is 6.46. The molecule has 0 bridgehead atoms. The molecule has 132 valence electrons. The number of para-hydroxylation sites is 2. The molecule has 0 aliphatic carbocycles. The van der Waals surface area contributed by atoms with E-state index in [1.807, 2.05) is 28.7 Å². The Bertz CT molecular complexity index is 1170. The number of hydrogen-bond acceptors (Lipinski definition) is 8. The molecule has 0 aliphatic rings. The summed E-state index contributed by atoms with van der Waals surface area (Å²) in [6.07, 6.45) is 0. The third-order valence-electron chi connectivity index (χ3n) is 3.43. The van der Waals surface area contributed by atoms with Crippen LogP contribution in [0.4, 0.5) is 0 Å². The van der Waals surface area contributed by atoms with E-state index in [-0.39, 0.29) is 11.5 Å². The Kier molecular flexibility index (Phi) is 4.42. The summed E-state index contributed by atoms with van der Waals surface area (Å²) in [7, 11) is 0. The van der Waals surface area contributed by atoms with Crippen LogP contribution in [0, 0.1) is 0 Å². The van der Waals surface area contributed by atoms with E-state index < -0.39 is 11.8 Å². The number of thiazole rings is 1. The Labute approximate surface area is 159 Å². The number of aromatic nitrogens is 4. The third kappa shape index (κ3) is 3.08. The zero-order chi connectivity index (χ0) is 18.3. The first-order valence-corrected chi connectivity index (χ1v) is 10.2. The molecular formula is C15H12N6O2S3. The number of imidazole rings is 1. The normalized spacial score (nSPS) is 11.5. The quantitative estimate of drug-likeness (QED) is 0.284. The Balaban J connectivity index is 1.93. The van der Waals surface area contributed by atoms with Gasteiger partial charge in [0.15, 0.2) is 15.8 Å². The average Bonchev–Trinajstić information content (AvgIpc) is 3.13. The lowest BCUT2D eigenvalue weighted by Gasteiger charge is -2.04. The van der Waals surface area contributed by atoms with Gasteiger partial charge in [-0.2, -0.15) is 0 Å². The number of fused-ring (bicyclic) bond motifs is 5. The molecule has 0 saturated heterocycles. The Hall–Kier alpha value is -2.37. The number of carbonyl (C=O) groups is 2. The molecule has 3 aromatic heterocycles. The van der Waals surface area contributed by atoms with Gasteiger partial charge in [0, 0.05) is 0 Å².